The van der Waals surface area contributed by atoms with E-state index < -0.39 is 38.5 Å². The lowest BCUT2D eigenvalue weighted by Gasteiger charge is -2.11. The molecule has 0 aromatic heterocycles. The number of non-ortho nitro benzene ring substituents is 2. The van der Waals surface area contributed by atoms with Crippen LogP contribution in [-0.4, -0.2) is 27.3 Å². The molecule has 3 rings (SSSR count). The molecule has 0 amide bonds. The highest BCUT2D eigenvalue weighted by molar-refractivity contribution is 6.52. The largest absolute Gasteiger partial charge is 0.422 e. The van der Waals surface area contributed by atoms with Gasteiger partial charge < -0.3 is 10.6 Å². The van der Waals surface area contributed by atoms with Gasteiger partial charge in [0.05, 0.1) is 21.5 Å². The Labute approximate surface area is 190 Å². The molecule has 0 saturated heterocycles. The lowest BCUT2D eigenvalue weighted by molar-refractivity contribution is -0.394. The molecule has 0 heterocycles. The SMILES string of the molecule is N/N=C(/C(=O)c1ccc(Cl)cc1)c1ccccc1OC(=O)c1cc([N+](=O)[O-])cc([N+](=O)[O-])c1. The van der Waals surface area contributed by atoms with Gasteiger partial charge in [-0.1, -0.05) is 23.7 Å². The number of nitro groups is 2. The van der Waals surface area contributed by atoms with E-state index >= 15 is 0 Å². The van der Waals surface area contributed by atoms with Crippen molar-refractivity contribution in [3.8, 4) is 5.75 Å². The van der Waals surface area contributed by atoms with Gasteiger partial charge in [-0.05, 0) is 36.4 Å². The molecule has 0 spiro atoms. The van der Waals surface area contributed by atoms with Crippen LogP contribution in [0, 0.1) is 20.2 Å². The molecule has 0 aliphatic carbocycles. The summed E-state index contributed by atoms with van der Waals surface area (Å²) in [6.45, 7) is 0. The number of nitrogens with zero attached hydrogens (tertiary/aromatic N) is 3. The van der Waals surface area contributed by atoms with Gasteiger partial charge in [0.25, 0.3) is 11.4 Å². The van der Waals surface area contributed by atoms with Crippen LogP contribution in [0.5, 0.6) is 5.75 Å². The minimum atomic E-state index is -1.12. The number of ether oxygens (including phenoxy) is 1. The molecule has 0 fully saturated rings. The fourth-order valence-corrected chi connectivity index (χ4v) is 2.95. The van der Waals surface area contributed by atoms with Gasteiger partial charge in [0.15, 0.2) is 0 Å². The maximum atomic E-state index is 12.9. The van der Waals surface area contributed by atoms with E-state index in [0.717, 1.165) is 12.1 Å². The number of nitrogens with two attached hydrogens (primary N) is 1. The molecule has 11 nitrogen and oxygen atoms in total. The maximum absolute atomic E-state index is 12.9. The van der Waals surface area contributed by atoms with Gasteiger partial charge in [-0.15, -0.1) is 0 Å². The van der Waals surface area contributed by atoms with Crippen LogP contribution in [0.15, 0.2) is 71.8 Å². The quantitative estimate of drug-likeness (QED) is 0.103. The number of esters is 1. The number of hydrogen-bond donors (Lipinski definition) is 1. The molecule has 33 heavy (non-hydrogen) atoms. The number of ketones is 1. The van der Waals surface area contributed by atoms with Gasteiger partial charge >= 0.3 is 5.97 Å². The standard InChI is InChI=1S/C21H13ClN4O7/c22-14-7-5-12(6-8-14)20(27)19(24-23)17-3-1-2-4-18(17)33-21(28)13-9-15(25(29)30)11-16(10-13)26(31)32/h1-11H,23H2/b24-19+. The summed E-state index contributed by atoms with van der Waals surface area (Å²) in [5.74, 6) is 3.60. The third-order valence-corrected chi connectivity index (χ3v) is 4.61. The number of rotatable bonds is 7. The first-order valence-electron chi connectivity index (χ1n) is 9.05. The van der Waals surface area contributed by atoms with E-state index in [4.69, 9.17) is 22.2 Å². The van der Waals surface area contributed by atoms with Gasteiger partial charge in [-0.3, -0.25) is 25.0 Å². The topological polar surface area (TPSA) is 168 Å². The second kappa shape index (κ2) is 9.66. The minimum absolute atomic E-state index is 0.0632. The molecule has 0 atom stereocenters. The molecule has 0 radical (unpaired) electrons. The second-order valence-corrected chi connectivity index (χ2v) is 6.89. The van der Waals surface area contributed by atoms with E-state index in [2.05, 4.69) is 5.10 Å². The van der Waals surface area contributed by atoms with Crippen LogP contribution in [0.1, 0.15) is 26.3 Å². The molecular weight excluding hydrogens is 456 g/mol. The van der Waals surface area contributed by atoms with E-state index in [0.29, 0.717) is 11.1 Å². The average molecular weight is 469 g/mol. The number of benzene rings is 3. The van der Waals surface area contributed by atoms with Crippen LogP contribution in [0.4, 0.5) is 11.4 Å². The average Bonchev–Trinajstić information content (AvgIpc) is 2.80. The molecule has 12 heteroatoms. The molecule has 0 aliphatic rings. The monoisotopic (exact) mass is 468 g/mol. The van der Waals surface area contributed by atoms with Crippen LogP contribution < -0.4 is 10.6 Å². The second-order valence-electron chi connectivity index (χ2n) is 6.45. The fourth-order valence-electron chi connectivity index (χ4n) is 2.82. The van der Waals surface area contributed by atoms with Gasteiger partial charge in [-0.2, -0.15) is 5.10 Å². The van der Waals surface area contributed by atoms with Crippen LogP contribution in [-0.2, 0) is 0 Å². The van der Waals surface area contributed by atoms with Crippen molar-refractivity contribution < 1.29 is 24.2 Å². The highest BCUT2D eigenvalue weighted by Crippen LogP contribution is 2.26. The van der Waals surface area contributed by atoms with Gasteiger partial charge in [-0.25, -0.2) is 4.79 Å². The number of carbonyl (C=O) groups excluding carboxylic acids is 2. The Kier molecular flexibility index (Phi) is 6.74. The molecule has 0 bridgehead atoms. The van der Waals surface area contributed by atoms with Gasteiger partial charge in [0.2, 0.25) is 5.78 Å². The predicted molar refractivity (Wildman–Crippen MR) is 118 cm³/mol. The summed E-state index contributed by atoms with van der Waals surface area (Å²) < 4.78 is 5.30. The third kappa shape index (κ3) is 5.17. The Balaban J connectivity index is 1.97. The number of Topliss-reactive ketones (excluding diaryl/α,β-unsaturated/α-hetero) is 1. The van der Waals surface area contributed by atoms with E-state index in [1.807, 2.05) is 0 Å². The van der Waals surface area contributed by atoms with Crippen molar-refractivity contribution in [3.05, 3.63) is 109 Å². The Morgan fingerprint density at radius 2 is 1.45 bits per heavy atom. The van der Waals surface area contributed by atoms with Crippen molar-refractivity contribution in [1.82, 2.24) is 0 Å². The zero-order chi connectivity index (χ0) is 24.1. The van der Waals surface area contributed by atoms with E-state index in [9.17, 15) is 29.8 Å². The summed E-state index contributed by atoms with van der Waals surface area (Å²) in [5.41, 5.74) is -1.70. The molecule has 0 unspecified atom stereocenters. The van der Waals surface area contributed by atoms with Crippen molar-refractivity contribution >= 4 is 40.4 Å². The minimum Gasteiger partial charge on any atom is -0.422 e. The normalized spacial score (nSPS) is 11.0. The molecule has 166 valence electrons. The molecular formula is C21H13ClN4O7. The highest BCUT2D eigenvalue weighted by Gasteiger charge is 2.24. The zero-order valence-electron chi connectivity index (χ0n) is 16.5. The summed E-state index contributed by atoms with van der Waals surface area (Å²) in [6.07, 6.45) is 0. The first-order valence-corrected chi connectivity index (χ1v) is 9.42. The van der Waals surface area contributed by atoms with Crippen LogP contribution in [0.3, 0.4) is 0 Å². The number of para-hydroxylation sites is 1. The van der Waals surface area contributed by atoms with Crippen molar-refractivity contribution in [2.24, 2.45) is 10.9 Å². The Morgan fingerprint density at radius 1 is 0.879 bits per heavy atom. The van der Waals surface area contributed by atoms with Gasteiger partial charge in [0, 0.05) is 28.3 Å². The summed E-state index contributed by atoms with van der Waals surface area (Å²) in [6, 6.07) is 14.2. The first-order chi connectivity index (χ1) is 15.7. The van der Waals surface area contributed by atoms with Crippen molar-refractivity contribution in [2.45, 2.75) is 0 Å². The van der Waals surface area contributed by atoms with Crippen LogP contribution in [0.2, 0.25) is 5.02 Å². The first kappa shape index (κ1) is 23.0. The van der Waals surface area contributed by atoms with Crippen LogP contribution in [0.25, 0.3) is 0 Å². The summed E-state index contributed by atoms with van der Waals surface area (Å²) in [4.78, 5) is 46.0. The Bertz CT molecular complexity index is 1270. The van der Waals surface area contributed by atoms with Crippen LogP contribution >= 0.6 is 11.6 Å². The number of halogens is 1. The predicted octanol–water partition coefficient (Wildman–Crippen LogP) is 3.92. The lowest BCUT2D eigenvalue weighted by atomic mass is 10.00. The van der Waals surface area contributed by atoms with Gasteiger partial charge in [0.1, 0.15) is 11.5 Å². The number of nitro benzene ring substituents is 2. The number of hydrazone groups is 1. The Morgan fingerprint density at radius 3 is 2.00 bits per heavy atom. The molecule has 0 aliphatic heterocycles. The maximum Gasteiger partial charge on any atom is 0.344 e. The van der Waals surface area contributed by atoms with E-state index in [1.165, 1.54) is 42.5 Å². The number of carbonyl (C=O) groups is 2. The van der Waals surface area contributed by atoms with E-state index in [-0.39, 0.29) is 22.6 Å². The van der Waals surface area contributed by atoms with Crippen molar-refractivity contribution in [1.29, 1.82) is 0 Å². The third-order valence-electron chi connectivity index (χ3n) is 4.36. The van der Waals surface area contributed by atoms with Crippen molar-refractivity contribution in [3.63, 3.8) is 0 Å². The van der Waals surface area contributed by atoms with Crippen molar-refractivity contribution in [2.75, 3.05) is 0 Å². The summed E-state index contributed by atoms with van der Waals surface area (Å²) in [7, 11) is 0. The fraction of sp³-hybridized carbons (Fsp3) is 0. The molecule has 3 aromatic carbocycles. The highest BCUT2D eigenvalue weighted by atomic mass is 35.5. The summed E-state index contributed by atoms with van der Waals surface area (Å²) >= 11 is 5.84. The zero-order valence-corrected chi connectivity index (χ0v) is 17.3. The molecule has 3 aromatic rings. The summed E-state index contributed by atoms with van der Waals surface area (Å²) in [5, 5.41) is 26.1. The lowest BCUT2D eigenvalue weighted by Crippen LogP contribution is -2.20. The van der Waals surface area contributed by atoms with E-state index in [1.54, 1.807) is 6.07 Å². The number of hydrogen-bond acceptors (Lipinski definition) is 9. The smallest absolute Gasteiger partial charge is 0.344 e. The molecule has 2 N–H and O–H groups in total. The Hall–Kier alpha value is -4.64. The molecule has 0 saturated carbocycles.